The molecule has 0 saturated carbocycles. The highest BCUT2D eigenvalue weighted by Gasteiger charge is 2.04. The van der Waals surface area contributed by atoms with Crippen molar-refractivity contribution in [3.05, 3.63) is 53.6 Å². The summed E-state index contributed by atoms with van der Waals surface area (Å²) in [7, 11) is 4.99. The lowest BCUT2D eigenvalue weighted by Gasteiger charge is -2.12. The third-order valence-corrected chi connectivity index (χ3v) is 4.55. The number of hydrogen-bond donors (Lipinski definition) is 2. The summed E-state index contributed by atoms with van der Waals surface area (Å²) in [6.07, 6.45) is 2.83. The lowest BCUT2D eigenvalue weighted by molar-refractivity contribution is 0.354. The van der Waals surface area contributed by atoms with Gasteiger partial charge < -0.3 is 24.8 Å². The van der Waals surface area contributed by atoms with Gasteiger partial charge in [-0.25, -0.2) is 0 Å². The second-order valence-corrected chi connectivity index (χ2v) is 6.58. The summed E-state index contributed by atoms with van der Waals surface area (Å²) in [5.41, 5.74) is 2.48. The van der Waals surface area contributed by atoms with Crippen molar-refractivity contribution < 1.29 is 14.2 Å². The van der Waals surface area contributed by atoms with Crippen molar-refractivity contribution in [3.8, 4) is 17.2 Å². The molecule has 0 aliphatic heterocycles. The topological polar surface area (TPSA) is 64.1 Å². The highest BCUT2D eigenvalue weighted by molar-refractivity contribution is 5.79. The Morgan fingerprint density at radius 3 is 2.21 bits per heavy atom. The third kappa shape index (κ3) is 7.56. The molecule has 0 aliphatic rings. The molecular formula is C23H33N3O3. The summed E-state index contributed by atoms with van der Waals surface area (Å²) in [5.74, 6) is 3.26. The van der Waals surface area contributed by atoms with Crippen LogP contribution in [0.25, 0.3) is 0 Å². The van der Waals surface area contributed by atoms with Crippen molar-refractivity contribution in [2.75, 3.05) is 41.0 Å². The number of nitrogens with one attached hydrogen (secondary N) is 2. The average molecular weight is 400 g/mol. The summed E-state index contributed by atoms with van der Waals surface area (Å²) in [6, 6.07) is 14.2. The van der Waals surface area contributed by atoms with Crippen molar-refractivity contribution in [1.29, 1.82) is 0 Å². The third-order valence-electron chi connectivity index (χ3n) is 4.55. The van der Waals surface area contributed by atoms with E-state index in [-0.39, 0.29) is 0 Å². The van der Waals surface area contributed by atoms with Gasteiger partial charge in [-0.2, -0.15) is 0 Å². The quantitative estimate of drug-likeness (QED) is 0.344. The number of ether oxygens (including phenoxy) is 3. The second kappa shape index (κ2) is 12.5. The molecule has 0 amide bonds. The number of guanidine groups is 1. The molecule has 2 aromatic rings. The first-order chi connectivity index (χ1) is 14.2. The SMILES string of the molecule is CCNC(=NCCCc1ccc(OC)c(OC)c1)NCCc1ccc(OC)cc1. The molecule has 158 valence electrons. The number of benzene rings is 2. The first-order valence-electron chi connectivity index (χ1n) is 10.1. The summed E-state index contributed by atoms with van der Waals surface area (Å²) >= 11 is 0. The molecule has 0 spiro atoms. The Morgan fingerprint density at radius 2 is 1.55 bits per heavy atom. The fraction of sp³-hybridized carbons (Fsp3) is 0.435. The monoisotopic (exact) mass is 399 g/mol. The van der Waals surface area contributed by atoms with Crippen LogP contribution in [0.3, 0.4) is 0 Å². The highest BCUT2D eigenvalue weighted by atomic mass is 16.5. The zero-order valence-corrected chi connectivity index (χ0v) is 18.0. The first-order valence-corrected chi connectivity index (χ1v) is 10.1. The summed E-state index contributed by atoms with van der Waals surface area (Å²) < 4.78 is 15.9. The summed E-state index contributed by atoms with van der Waals surface area (Å²) in [4.78, 5) is 4.68. The standard InChI is InChI=1S/C23H33N3O3/c1-5-24-23(26-16-14-18-8-11-20(27-2)12-9-18)25-15-6-7-19-10-13-21(28-3)22(17-19)29-4/h8-13,17H,5-7,14-16H2,1-4H3,(H2,24,25,26). The zero-order valence-electron chi connectivity index (χ0n) is 18.0. The molecule has 0 atom stereocenters. The van der Waals surface area contributed by atoms with E-state index < -0.39 is 0 Å². The molecule has 0 heterocycles. The second-order valence-electron chi connectivity index (χ2n) is 6.58. The van der Waals surface area contributed by atoms with E-state index in [2.05, 4.69) is 40.7 Å². The Hall–Kier alpha value is -2.89. The maximum atomic E-state index is 5.37. The predicted molar refractivity (Wildman–Crippen MR) is 119 cm³/mol. The van der Waals surface area contributed by atoms with E-state index in [0.717, 1.165) is 62.1 Å². The van der Waals surface area contributed by atoms with Crippen molar-refractivity contribution in [2.24, 2.45) is 4.99 Å². The molecule has 0 bridgehead atoms. The minimum absolute atomic E-state index is 0.754. The van der Waals surface area contributed by atoms with Gasteiger partial charge in [-0.3, -0.25) is 4.99 Å². The van der Waals surface area contributed by atoms with E-state index in [1.165, 1.54) is 11.1 Å². The molecule has 2 rings (SSSR count). The van der Waals surface area contributed by atoms with E-state index in [4.69, 9.17) is 14.2 Å². The Morgan fingerprint density at radius 1 is 0.828 bits per heavy atom. The Balaban J connectivity index is 1.79. The van der Waals surface area contributed by atoms with Gasteiger partial charge in [-0.15, -0.1) is 0 Å². The first kappa shape index (κ1) is 22.4. The minimum Gasteiger partial charge on any atom is -0.497 e. The largest absolute Gasteiger partial charge is 0.497 e. The van der Waals surface area contributed by atoms with E-state index in [0.29, 0.717) is 0 Å². The number of nitrogens with zero attached hydrogens (tertiary/aromatic N) is 1. The van der Waals surface area contributed by atoms with Gasteiger partial charge in [0.15, 0.2) is 17.5 Å². The Bertz CT molecular complexity index is 760. The Kier molecular flexibility index (Phi) is 9.69. The number of hydrogen-bond acceptors (Lipinski definition) is 4. The van der Waals surface area contributed by atoms with Crippen LogP contribution in [-0.4, -0.2) is 46.9 Å². The maximum absolute atomic E-state index is 5.37. The number of aryl methyl sites for hydroxylation is 1. The predicted octanol–water partition coefficient (Wildman–Crippen LogP) is 3.44. The molecule has 0 fully saturated rings. The zero-order chi connectivity index (χ0) is 20.9. The molecule has 2 aromatic carbocycles. The van der Waals surface area contributed by atoms with Crippen LogP contribution in [0.4, 0.5) is 0 Å². The van der Waals surface area contributed by atoms with Gasteiger partial charge in [0.2, 0.25) is 0 Å². The van der Waals surface area contributed by atoms with Crippen LogP contribution in [0.2, 0.25) is 0 Å². The van der Waals surface area contributed by atoms with Gasteiger partial charge in [0.05, 0.1) is 21.3 Å². The molecule has 0 saturated heterocycles. The van der Waals surface area contributed by atoms with Crippen LogP contribution in [0, 0.1) is 0 Å². The van der Waals surface area contributed by atoms with Crippen molar-refractivity contribution in [1.82, 2.24) is 10.6 Å². The fourth-order valence-electron chi connectivity index (χ4n) is 2.97. The minimum atomic E-state index is 0.754. The maximum Gasteiger partial charge on any atom is 0.191 e. The van der Waals surface area contributed by atoms with Gasteiger partial charge in [-0.1, -0.05) is 18.2 Å². The molecule has 2 N–H and O–H groups in total. The summed E-state index contributed by atoms with van der Waals surface area (Å²) in [6.45, 7) is 4.49. The molecule has 29 heavy (non-hydrogen) atoms. The van der Waals surface area contributed by atoms with Crippen LogP contribution >= 0.6 is 0 Å². The van der Waals surface area contributed by atoms with Crippen LogP contribution in [0.15, 0.2) is 47.5 Å². The van der Waals surface area contributed by atoms with Gasteiger partial charge >= 0.3 is 0 Å². The van der Waals surface area contributed by atoms with Gasteiger partial charge in [0.1, 0.15) is 5.75 Å². The fourth-order valence-corrected chi connectivity index (χ4v) is 2.97. The van der Waals surface area contributed by atoms with Crippen LogP contribution in [-0.2, 0) is 12.8 Å². The molecule has 6 heteroatoms. The van der Waals surface area contributed by atoms with Crippen LogP contribution in [0.5, 0.6) is 17.2 Å². The molecule has 0 unspecified atom stereocenters. The van der Waals surface area contributed by atoms with Crippen LogP contribution < -0.4 is 24.8 Å². The molecule has 0 aromatic heterocycles. The molecule has 0 aliphatic carbocycles. The smallest absolute Gasteiger partial charge is 0.191 e. The molecule has 0 radical (unpaired) electrons. The van der Waals surface area contributed by atoms with Crippen molar-refractivity contribution in [3.63, 3.8) is 0 Å². The van der Waals surface area contributed by atoms with Gasteiger partial charge in [-0.05, 0) is 61.6 Å². The molecular weight excluding hydrogens is 366 g/mol. The lowest BCUT2D eigenvalue weighted by Crippen LogP contribution is -2.38. The van der Waals surface area contributed by atoms with E-state index in [1.54, 1.807) is 21.3 Å². The number of aliphatic imine (C=N–C) groups is 1. The van der Waals surface area contributed by atoms with E-state index in [9.17, 15) is 0 Å². The van der Waals surface area contributed by atoms with Crippen molar-refractivity contribution >= 4 is 5.96 Å². The lowest BCUT2D eigenvalue weighted by atomic mass is 10.1. The number of methoxy groups -OCH3 is 3. The van der Waals surface area contributed by atoms with Gasteiger partial charge in [0.25, 0.3) is 0 Å². The van der Waals surface area contributed by atoms with E-state index >= 15 is 0 Å². The highest BCUT2D eigenvalue weighted by Crippen LogP contribution is 2.27. The number of rotatable bonds is 11. The van der Waals surface area contributed by atoms with Crippen LogP contribution in [0.1, 0.15) is 24.5 Å². The average Bonchev–Trinajstić information content (AvgIpc) is 2.76. The van der Waals surface area contributed by atoms with Crippen molar-refractivity contribution in [2.45, 2.75) is 26.2 Å². The van der Waals surface area contributed by atoms with Gasteiger partial charge in [0, 0.05) is 19.6 Å². The normalized spacial score (nSPS) is 11.1. The summed E-state index contributed by atoms with van der Waals surface area (Å²) in [5, 5.41) is 6.70. The van der Waals surface area contributed by atoms with E-state index in [1.807, 2.05) is 24.3 Å². The molecule has 6 nitrogen and oxygen atoms in total. The Labute approximate surface area is 174 Å².